The topological polar surface area (TPSA) is 59.7 Å². The Balaban J connectivity index is 0.956. The predicted octanol–water partition coefficient (Wildman–Crippen LogP) is 13.4. The van der Waals surface area contributed by atoms with E-state index in [1.807, 2.05) is 66.9 Å². The fourth-order valence-corrected chi connectivity index (χ4v) is 9.31. The summed E-state index contributed by atoms with van der Waals surface area (Å²) in [7, 11) is 0. The molecule has 10 aromatic rings. The third kappa shape index (κ3) is 6.11. The Bertz CT molecular complexity index is 3310. The minimum absolute atomic E-state index is 0.248. The molecule has 1 aliphatic carbocycles. The van der Waals surface area contributed by atoms with E-state index in [9.17, 15) is 0 Å². The van der Waals surface area contributed by atoms with Crippen molar-refractivity contribution in [3.8, 4) is 62.2 Å². The minimum atomic E-state index is 0.248. The van der Waals surface area contributed by atoms with E-state index >= 15 is 0 Å². The Kier molecular flexibility index (Phi) is 8.52. The summed E-state index contributed by atoms with van der Waals surface area (Å²) in [6.07, 6.45) is 10.9. The maximum atomic E-state index is 4.96. The first kappa shape index (κ1) is 35.7. The summed E-state index contributed by atoms with van der Waals surface area (Å²) < 4.78 is 2.40. The molecule has 6 heteroatoms. The van der Waals surface area contributed by atoms with Gasteiger partial charge in [-0.1, -0.05) is 158 Å². The minimum Gasteiger partial charge on any atom is -0.333 e. The average Bonchev–Trinajstić information content (AvgIpc) is 3.87. The normalized spacial score (nSPS) is 15.3. The van der Waals surface area contributed by atoms with Crippen molar-refractivity contribution in [2.75, 3.05) is 4.90 Å². The van der Waals surface area contributed by atoms with E-state index in [4.69, 9.17) is 19.9 Å². The summed E-state index contributed by atoms with van der Waals surface area (Å²) in [5, 5.41) is 2.41. The Morgan fingerprint density at radius 1 is 0.403 bits per heavy atom. The van der Waals surface area contributed by atoms with E-state index < -0.39 is 0 Å². The molecule has 7 aromatic carbocycles. The second-order valence-corrected chi connectivity index (χ2v) is 15.9. The van der Waals surface area contributed by atoms with Crippen LogP contribution in [0.4, 0.5) is 11.4 Å². The molecule has 0 spiro atoms. The number of nitrogens with zero attached hydrogens (tertiary/aromatic N) is 6. The summed E-state index contributed by atoms with van der Waals surface area (Å²) in [6.45, 7) is 0. The van der Waals surface area contributed by atoms with Gasteiger partial charge < -0.3 is 9.47 Å². The third-order valence-electron chi connectivity index (χ3n) is 12.2. The van der Waals surface area contributed by atoms with E-state index in [1.165, 1.54) is 38.8 Å². The number of hydrogen-bond donors (Lipinski definition) is 0. The molecule has 0 saturated carbocycles. The van der Waals surface area contributed by atoms with E-state index in [1.54, 1.807) is 0 Å². The molecule has 0 fully saturated rings. The lowest BCUT2D eigenvalue weighted by atomic mass is 9.90. The first-order valence-electron chi connectivity index (χ1n) is 21.0. The predicted molar refractivity (Wildman–Crippen MR) is 253 cm³/mol. The van der Waals surface area contributed by atoms with Gasteiger partial charge in [-0.25, -0.2) is 15.0 Å². The molecule has 0 N–H and O–H groups in total. The van der Waals surface area contributed by atoms with Crippen LogP contribution in [-0.4, -0.2) is 30.5 Å². The number of allylic oxidation sites excluding steroid dienone is 2. The highest BCUT2D eigenvalue weighted by atomic mass is 15.2. The molecule has 2 unspecified atom stereocenters. The lowest BCUT2D eigenvalue weighted by Crippen LogP contribution is -2.28. The molecule has 292 valence electrons. The van der Waals surface area contributed by atoms with Gasteiger partial charge in [-0.05, 0) is 82.4 Å². The number of anilines is 2. The molecule has 62 heavy (non-hydrogen) atoms. The standard InChI is InChI=1S/C56H38N6/c1-4-15-37(16-5-1)54-58-55(38-17-6-2-7-18-38)60-56(59-54)49-34-42(31-32-57-49)41-28-30-48-46-24-11-13-26-51(46)62(53(48)36-41)44-22-14-19-39(33-44)40-27-29-47-45-23-10-12-25-50(45)61(52(47)35-40)43-20-8-3-9-21-43/h1-36,45,50H. The Hall–Kier alpha value is -8.22. The van der Waals surface area contributed by atoms with Crippen molar-refractivity contribution < 1.29 is 0 Å². The lowest BCUT2D eigenvalue weighted by Gasteiger charge is -2.28. The Labute approximate surface area is 359 Å². The van der Waals surface area contributed by atoms with Crippen LogP contribution in [0.2, 0.25) is 0 Å². The number of pyridine rings is 1. The molecule has 6 nitrogen and oxygen atoms in total. The van der Waals surface area contributed by atoms with Gasteiger partial charge in [-0.2, -0.15) is 0 Å². The molecule has 0 radical (unpaired) electrons. The van der Waals surface area contributed by atoms with Gasteiger partial charge in [0.05, 0.1) is 17.1 Å². The van der Waals surface area contributed by atoms with Crippen molar-refractivity contribution in [1.82, 2.24) is 24.5 Å². The molecule has 0 amide bonds. The highest BCUT2D eigenvalue weighted by molar-refractivity contribution is 6.10. The summed E-state index contributed by atoms with van der Waals surface area (Å²) in [4.78, 5) is 22.1. The average molecular weight is 795 g/mol. The van der Waals surface area contributed by atoms with Crippen LogP contribution in [0.3, 0.4) is 0 Å². The van der Waals surface area contributed by atoms with E-state index in [2.05, 4.69) is 161 Å². The van der Waals surface area contributed by atoms with Gasteiger partial charge in [0.15, 0.2) is 17.5 Å². The maximum absolute atomic E-state index is 4.96. The van der Waals surface area contributed by atoms with Crippen molar-refractivity contribution >= 4 is 33.2 Å². The Morgan fingerprint density at radius 2 is 1.00 bits per heavy atom. The van der Waals surface area contributed by atoms with E-state index in [-0.39, 0.29) is 6.04 Å². The van der Waals surface area contributed by atoms with Crippen LogP contribution >= 0.6 is 0 Å². The van der Waals surface area contributed by atoms with E-state index in [0.29, 0.717) is 29.1 Å². The zero-order chi connectivity index (χ0) is 41.0. The van der Waals surface area contributed by atoms with Gasteiger partial charge >= 0.3 is 0 Å². The highest BCUT2D eigenvalue weighted by Crippen LogP contribution is 2.49. The van der Waals surface area contributed by atoms with Crippen LogP contribution in [0.5, 0.6) is 0 Å². The molecule has 12 rings (SSSR count). The third-order valence-corrected chi connectivity index (χ3v) is 12.2. The fraction of sp³-hybridized carbons (Fsp3) is 0.0357. The zero-order valence-corrected chi connectivity index (χ0v) is 33.6. The van der Waals surface area contributed by atoms with Crippen LogP contribution in [0.15, 0.2) is 219 Å². The van der Waals surface area contributed by atoms with Crippen molar-refractivity contribution in [2.45, 2.75) is 12.0 Å². The SMILES string of the molecule is C1=CC2c3ccc(-c4cccc(-n5c6ccccc6c6ccc(-c7ccnc(-c8nc(-c9ccccc9)nc(-c9ccccc9)n8)c7)cc65)c4)cc3N(c3ccccc3)C2C=C1. The first-order chi connectivity index (χ1) is 30.7. The van der Waals surface area contributed by atoms with Gasteiger partial charge in [-0.15, -0.1) is 0 Å². The highest BCUT2D eigenvalue weighted by Gasteiger charge is 2.37. The van der Waals surface area contributed by atoms with Crippen molar-refractivity contribution in [3.05, 3.63) is 224 Å². The van der Waals surface area contributed by atoms with Crippen LogP contribution in [0.25, 0.3) is 84.0 Å². The largest absolute Gasteiger partial charge is 0.333 e. The van der Waals surface area contributed by atoms with Crippen molar-refractivity contribution in [2.24, 2.45) is 0 Å². The molecule has 0 bridgehead atoms. The van der Waals surface area contributed by atoms with Crippen LogP contribution in [0.1, 0.15) is 11.5 Å². The first-order valence-corrected chi connectivity index (χ1v) is 21.0. The zero-order valence-electron chi connectivity index (χ0n) is 33.6. The number of fused-ring (bicyclic) bond motifs is 6. The maximum Gasteiger partial charge on any atom is 0.182 e. The van der Waals surface area contributed by atoms with Crippen LogP contribution in [-0.2, 0) is 0 Å². The smallest absolute Gasteiger partial charge is 0.182 e. The lowest BCUT2D eigenvalue weighted by molar-refractivity contribution is 0.745. The van der Waals surface area contributed by atoms with Gasteiger partial charge in [0.2, 0.25) is 0 Å². The summed E-state index contributed by atoms with van der Waals surface area (Å²) >= 11 is 0. The van der Waals surface area contributed by atoms with Crippen molar-refractivity contribution in [3.63, 3.8) is 0 Å². The number of hydrogen-bond acceptors (Lipinski definition) is 5. The molecular weight excluding hydrogens is 757 g/mol. The van der Waals surface area contributed by atoms with Gasteiger partial charge in [0.25, 0.3) is 0 Å². The quantitative estimate of drug-likeness (QED) is 0.161. The second kappa shape index (κ2) is 14.8. The summed E-state index contributed by atoms with van der Waals surface area (Å²) in [6, 6.07) is 66.6. The number of rotatable bonds is 7. The van der Waals surface area contributed by atoms with Crippen molar-refractivity contribution in [1.29, 1.82) is 0 Å². The molecule has 3 aromatic heterocycles. The number of aromatic nitrogens is 5. The molecule has 1 aliphatic heterocycles. The molecule has 0 saturated heterocycles. The Morgan fingerprint density at radius 3 is 1.79 bits per heavy atom. The van der Waals surface area contributed by atoms with Gasteiger partial charge in [0.1, 0.15) is 5.69 Å². The molecule has 2 atom stereocenters. The fourth-order valence-electron chi connectivity index (χ4n) is 9.31. The van der Waals surface area contributed by atoms with E-state index in [0.717, 1.165) is 39.0 Å². The monoisotopic (exact) mass is 794 g/mol. The summed E-state index contributed by atoms with van der Waals surface area (Å²) in [5.74, 6) is 2.05. The summed E-state index contributed by atoms with van der Waals surface area (Å²) in [5.41, 5.74) is 14.2. The van der Waals surface area contributed by atoms with Gasteiger partial charge in [-0.3, -0.25) is 4.98 Å². The second-order valence-electron chi connectivity index (χ2n) is 15.9. The molecule has 4 heterocycles. The number of benzene rings is 7. The molecule has 2 aliphatic rings. The van der Waals surface area contributed by atoms with Crippen LogP contribution < -0.4 is 4.90 Å². The number of para-hydroxylation sites is 2. The van der Waals surface area contributed by atoms with Gasteiger partial charge in [0, 0.05) is 51.1 Å². The molecular formula is C56H38N6. The van der Waals surface area contributed by atoms with Crippen LogP contribution in [0, 0.1) is 0 Å².